The second-order valence-electron chi connectivity index (χ2n) is 4.67. The van der Waals surface area contributed by atoms with Gasteiger partial charge in [-0.1, -0.05) is 12.1 Å². The van der Waals surface area contributed by atoms with Gasteiger partial charge in [-0.3, -0.25) is 4.79 Å². The molecule has 2 N–H and O–H groups in total. The normalized spacial score (nSPS) is 22.0. The molecule has 0 radical (unpaired) electrons. The van der Waals surface area contributed by atoms with Crippen molar-refractivity contribution in [2.24, 2.45) is 0 Å². The summed E-state index contributed by atoms with van der Waals surface area (Å²) in [5.74, 6) is 0.418. The van der Waals surface area contributed by atoms with Crippen LogP contribution in [-0.2, 0) is 14.3 Å². The summed E-state index contributed by atoms with van der Waals surface area (Å²) in [6.45, 7) is 0.990. The van der Waals surface area contributed by atoms with Crippen molar-refractivity contribution in [1.82, 2.24) is 4.90 Å². The number of amides is 1. The average molecular weight is 280 g/mol. The zero-order valence-corrected chi connectivity index (χ0v) is 11.7. The van der Waals surface area contributed by atoms with Crippen LogP contribution in [-0.4, -0.2) is 56.9 Å². The first-order valence-corrected chi connectivity index (χ1v) is 6.46. The molecule has 1 fully saturated rings. The monoisotopic (exact) mass is 280 g/mol. The number of benzene rings is 1. The van der Waals surface area contributed by atoms with Crippen LogP contribution < -0.4 is 10.5 Å². The van der Waals surface area contributed by atoms with Crippen molar-refractivity contribution < 1.29 is 19.0 Å². The number of rotatable bonds is 5. The number of para-hydroxylation sites is 2. The molecule has 1 saturated heterocycles. The predicted octanol–water partition coefficient (Wildman–Crippen LogP) is 0.520. The highest BCUT2D eigenvalue weighted by atomic mass is 16.5. The van der Waals surface area contributed by atoms with Gasteiger partial charge in [-0.05, 0) is 12.1 Å². The molecule has 1 aromatic rings. The van der Waals surface area contributed by atoms with Crippen molar-refractivity contribution in [2.45, 2.75) is 12.2 Å². The summed E-state index contributed by atoms with van der Waals surface area (Å²) >= 11 is 0. The number of nitrogen functional groups attached to an aromatic ring is 1. The minimum absolute atomic E-state index is 0.0406. The predicted molar refractivity (Wildman–Crippen MR) is 74.5 cm³/mol. The van der Waals surface area contributed by atoms with Crippen LogP contribution in [0.15, 0.2) is 24.3 Å². The van der Waals surface area contributed by atoms with Gasteiger partial charge in [-0.25, -0.2) is 0 Å². The second kappa shape index (κ2) is 6.58. The Morgan fingerprint density at radius 1 is 1.25 bits per heavy atom. The van der Waals surface area contributed by atoms with Crippen molar-refractivity contribution >= 4 is 11.6 Å². The van der Waals surface area contributed by atoms with Crippen LogP contribution in [0.1, 0.15) is 0 Å². The molecule has 2 rings (SSSR count). The van der Waals surface area contributed by atoms with E-state index in [0.29, 0.717) is 24.5 Å². The van der Waals surface area contributed by atoms with E-state index in [1.54, 1.807) is 31.3 Å². The van der Waals surface area contributed by atoms with Crippen molar-refractivity contribution in [3.8, 4) is 5.75 Å². The van der Waals surface area contributed by atoms with Gasteiger partial charge in [0.1, 0.15) is 18.0 Å². The Kier molecular flexibility index (Phi) is 4.81. The van der Waals surface area contributed by atoms with Gasteiger partial charge in [0, 0.05) is 27.3 Å². The van der Waals surface area contributed by atoms with E-state index in [1.165, 1.54) is 0 Å². The molecule has 20 heavy (non-hydrogen) atoms. The maximum atomic E-state index is 12.1. The summed E-state index contributed by atoms with van der Waals surface area (Å²) in [5, 5.41) is 0. The standard InChI is InChI=1S/C14H20N2O4/c1-18-12-7-16(8-13(12)19-2)14(17)9-20-11-6-4-3-5-10(11)15/h3-6,12-13H,7-9,15H2,1-2H3. The van der Waals surface area contributed by atoms with Gasteiger partial charge in [-0.2, -0.15) is 0 Å². The van der Waals surface area contributed by atoms with E-state index in [1.807, 2.05) is 12.1 Å². The molecule has 2 atom stereocenters. The third kappa shape index (κ3) is 3.20. The number of anilines is 1. The van der Waals surface area contributed by atoms with E-state index in [4.69, 9.17) is 19.9 Å². The Labute approximate surface area is 118 Å². The molecule has 0 aliphatic carbocycles. The van der Waals surface area contributed by atoms with Crippen LogP contribution in [0, 0.1) is 0 Å². The zero-order valence-electron chi connectivity index (χ0n) is 11.7. The third-order valence-corrected chi connectivity index (χ3v) is 3.44. The summed E-state index contributed by atoms with van der Waals surface area (Å²) in [6.07, 6.45) is -0.184. The van der Waals surface area contributed by atoms with Crippen molar-refractivity contribution in [2.75, 3.05) is 39.6 Å². The summed E-state index contributed by atoms with van der Waals surface area (Å²) in [4.78, 5) is 13.8. The van der Waals surface area contributed by atoms with E-state index in [9.17, 15) is 4.79 Å². The first-order valence-electron chi connectivity index (χ1n) is 6.46. The van der Waals surface area contributed by atoms with Gasteiger partial charge >= 0.3 is 0 Å². The first-order chi connectivity index (χ1) is 9.65. The number of hydrogen-bond acceptors (Lipinski definition) is 5. The quantitative estimate of drug-likeness (QED) is 0.796. The molecule has 0 aromatic heterocycles. The molecule has 110 valence electrons. The first kappa shape index (κ1) is 14.6. The Bertz CT molecular complexity index is 454. The molecule has 0 saturated carbocycles. The van der Waals surface area contributed by atoms with Gasteiger partial charge in [0.2, 0.25) is 0 Å². The fraction of sp³-hybridized carbons (Fsp3) is 0.500. The Hall–Kier alpha value is -1.79. The summed E-state index contributed by atoms with van der Waals surface area (Å²) < 4.78 is 16.0. The number of nitrogens with zero attached hydrogens (tertiary/aromatic N) is 1. The number of carbonyl (C=O) groups is 1. The lowest BCUT2D eigenvalue weighted by Crippen LogP contribution is -2.34. The van der Waals surface area contributed by atoms with E-state index >= 15 is 0 Å². The molecule has 0 bridgehead atoms. The van der Waals surface area contributed by atoms with Crippen LogP contribution in [0.3, 0.4) is 0 Å². The lowest BCUT2D eigenvalue weighted by atomic mass is 10.3. The zero-order chi connectivity index (χ0) is 14.5. The highest BCUT2D eigenvalue weighted by Gasteiger charge is 2.35. The number of methoxy groups -OCH3 is 2. The van der Waals surface area contributed by atoms with Crippen LogP contribution in [0.5, 0.6) is 5.75 Å². The van der Waals surface area contributed by atoms with Gasteiger partial charge in [0.25, 0.3) is 5.91 Å². The average Bonchev–Trinajstić information content (AvgIpc) is 2.89. The highest BCUT2D eigenvalue weighted by Crippen LogP contribution is 2.20. The molecular formula is C14H20N2O4. The Morgan fingerprint density at radius 2 is 1.85 bits per heavy atom. The Balaban J connectivity index is 1.88. The minimum Gasteiger partial charge on any atom is -0.482 e. The molecule has 1 amide bonds. The molecule has 1 aromatic carbocycles. The molecular weight excluding hydrogens is 260 g/mol. The topological polar surface area (TPSA) is 74.0 Å². The van der Waals surface area contributed by atoms with Gasteiger partial charge in [0.05, 0.1) is 5.69 Å². The third-order valence-electron chi connectivity index (χ3n) is 3.44. The second-order valence-corrected chi connectivity index (χ2v) is 4.67. The molecule has 6 nitrogen and oxygen atoms in total. The smallest absolute Gasteiger partial charge is 0.260 e. The Morgan fingerprint density at radius 3 is 2.40 bits per heavy atom. The van der Waals surface area contributed by atoms with E-state index in [2.05, 4.69) is 0 Å². The van der Waals surface area contributed by atoms with Gasteiger partial charge in [-0.15, -0.1) is 0 Å². The molecule has 6 heteroatoms. The largest absolute Gasteiger partial charge is 0.482 e. The summed E-state index contributed by atoms with van der Waals surface area (Å²) in [5.41, 5.74) is 6.28. The molecule has 1 heterocycles. The minimum atomic E-state index is -0.102. The lowest BCUT2D eigenvalue weighted by molar-refractivity contribution is -0.132. The summed E-state index contributed by atoms with van der Waals surface area (Å²) in [6, 6.07) is 7.10. The van der Waals surface area contributed by atoms with E-state index in [-0.39, 0.29) is 24.7 Å². The molecule has 0 spiro atoms. The number of nitrogens with two attached hydrogens (primary N) is 1. The fourth-order valence-electron chi connectivity index (χ4n) is 2.24. The maximum Gasteiger partial charge on any atom is 0.260 e. The van der Waals surface area contributed by atoms with Crippen LogP contribution in [0.25, 0.3) is 0 Å². The number of hydrogen-bond donors (Lipinski definition) is 1. The van der Waals surface area contributed by atoms with Crippen molar-refractivity contribution in [3.05, 3.63) is 24.3 Å². The lowest BCUT2D eigenvalue weighted by Gasteiger charge is -2.16. The van der Waals surface area contributed by atoms with Gasteiger partial charge < -0.3 is 24.8 Å². The number of likely N-dealkylation sites (tertiary alicyclic amines) is 1. The van der Waals surface area contributed by atoms with Crippen LogP contribution in [0.4, 0.5) is 5.69 Å². The van der Waals surface area contributed by atoms with Crippen molar-refractivity contribution in [3.63, 3.8) is 0 Å². The molecule has 1 aliphatic rings. The number of ether oxygens (including phenoxy) is 3. The maximum absolute atomic E-state index is 12.1. The molecule has 1 aliphatic heterocycles. The van der Waals surface area contributed by atoms with Crippen molar-refractivity contribution in [1.29, 1.82) is 0 Å². The van der Waals surface area contributed by atoms with Gasteiger partial charge in [0.15, 0.2) is 6.61 Å². The fourth-order valence-corrected chi connectivity index (χ4v) is 2.24. The van der Waals surface area contributed by atoms with Crippen LogP contribution >= 0.6 is 0 Å². The molecule has 2 unspecified atom stereocenters. The SMILES string of the molecule is COC1CN(C(=O)COc2ccccc2N)CC1OC. The summed E-state index contributed by atoms with van der Waals surface area (Å²) in [7, 11) is 3.23. The van der Waals surface area contributed by atoms with E-state index < -0.39 is 0 Å². The van der Waals surface area contributed by atoms with Crippen LogP contribution in [0.2, 0.25) is 0 Å². The van der Waals surface area contributed by atoms with E-state index in [0.717, 1.165) is 0 Å². The number of carbonyl (C=O) groups excluding carboxylic acids is 1. The highest BCUT2D eigenvalue weighted by molar-refractivity contribution is 5.78.